The average molecular weight is 330 g/mol. The maximum Gasteiger partial charge on any atom is 0.387 e. The Balaban J connectivity index is 2.09. The standard InChI is InChI=1S/C15H17F3N2O3/c1-8(19-14(22)11-3-2-4-13(21)20-11)10-6-5-9(16)7-12(10)23-15(17)18/h5-8,11,15H,2-4H2,1H3,(H,19,22)(H,20,21)/t8-,11+/m0/s1. The Hall–Kier alpha value is -2.25. The quantitative estimate of drug-likeness (QED) is 0.870. The summed E-state index contributed by atoms with van der Waals surface area (Å²) in [7, 11) is 0. The van der Waals surface area contributed by atoms with Gasteiger partial charge in [0.2, 0.25) is 11.8 Å². The molecule has 1 aliphatic rings. The van der Waals surface area contributed by atoms with E-state index in [4.69, 9.17) is 0 Å². The molecule has 23 heavy (non-hydrogen) atoms. The van der Waals surface area contributed by atoms with Crippen molar-refractivity contribution in [2.24, 2.45) is 0 Å². The molecule has 0 bridgehead atoms. The number of benzene rings is 1. The smallest absolute Gasteiger partial charge is 0.387 e. The van der Waals surface area contributed by atoms with Crippen LogP contribution in [-0.4, -0.2) is 24.5 Å². The predicted molar refractivity (Wildman–Crippen MR) is 75.4 cm³/mol. The molecule has 0 unspecified atom stereocenters. The van der Waals surface area contributed by atoms with Crippen LogP contribution < -0.4 is 15.4 Å². The molecule has 0 aliphatic carbocycles. The first-order chi connectivity index (χ1) is 10.9. The van der Waals surface area contributed by atoms with E-state index in [1.165, 1.54) is 6.07 Å². The number of hydrogen-bond donors (Lipinski definition) is 2. The number of ether oxygens (including phenoxy) is 1. The van der Waals surface area contributed by atoms with Gasteiger partial charge in [-0.3, -0.25) is 9.59 Å². The van der Waals surface area contributed by atoms with E-state index < -0.39 is 30.4 Å². The molecule has 0 saturated carbocycles. The minimum atomic E-state index is -3.10. The highest BCUT2D eigenvalue weighted by Gasteiger charge is 2.26. The number of carbonyl (C=O) groups is 2. The largest absolute Gasteiger partial charge is 0.434 e. The van der Waals surface area contributed by atoms with E-state index in [-0.39, 0.29) is 17.2 Å². The van der Waals surface area contributed by atoms with Crippen molar-refractivity contribution in [3.8, 4) is 5.75 Å². The van der Waals surface area contributed by atoms with Crippen molar-refractivity contribution in [3.05, 3.63) is 29.6 Å². The van der Waals surface area contributed by atoms with Crippen LogP contribution in [0.15, 0.2) is 18.2 Å². The number of hydrogen-bond acceptors (Lipinski definition) is 3. The highest BCUT2D eigenvalue weighted by atomic mass is 19.3. The SMILES string of the molecule is C[C@H](NC(=O)[C@H]1CCCC(=O)N1)c1ccc(F)cc1OC(F)F. The van der Waals surface area contributed by atoms with Crippen LogP contribution in [-0.2, 0) is 9.59 Å². The third-order valence-electron chi connectivity index (χ3n) is 3.57. The number of halogens is 3. The van der Waals surface area contributed by atoms with Crippen LogP contribution in [0.4, 0.5) is 13.2 Å². The summed E-state index contributed by atoms with van der Waals surface area (Å²) in [6, 6.07) is 1.87. The molecule has 1 aromatic rings. The molecular weight excluding hydrogens is 313 g/mol. The molecule has 2 amide bonds. The monoisotopic (exact) mass is 330 g/mol. The molecule has 8 heteroatoms. The van der Waals surface area contributed by atoms with Gasteiger partial charge in [-0.2, -0.15) is 8.78 Å². The zero-order valence-corrected chi connectivity index (χ0v) is 12.4. The van der Waals surface area contributed by atoms with Crippen LogP contribution >= 0.6 is 0 Å². The summed E-state index contributed by atoms with van der Waals surface area (Å²) in [5.41, 5.74) is 0.224. The van der Waals surface area contributed by atoms with Crippen molar-refractivity contribution >= 4 is 11.8 Å². The predicted octanol–water partition coefficient (Wildman–Crippen LogP) is 2.27. The molecule has 0 aromatic heterocycles. The fraction of sp³-hybridized carbons (Fsp3) is 0.467. The Morgan fingerprint density at radius 3 is 2.83 bits per heavy atom. The van der Waals surface area contributed by atoms with Gasteiger partial charge in [-0.05, 0) is 25.8 Å². The summed E-state index contributed by atoms with van der Waals surface area (Å²) in [6.45, 7) is -1.54. The number of nitrogens with one attached hydrogen (secondary N) is 2. The highest BCUT2D eigenvalue weighted by molar-refractivity contribution is 5.88. The maximum atomic E-state index is 13.2. The first-order valence-electron chi connectivity index (χ1n) is 7.21. The van der Waals surface area contributed by atoms with E-state index in [2.05, 4.69) is 15.4 Å². The number of amides is 2. The summed E-state index contributed by atoms with van der Waals surface area (Å²) in [5.74, 6) is -1.67. The molecule has 126 valence electrons. The van der Waals surface area contributed by atoms with Gasteiger partial charge in [-0.15, -0.1) is 0 Å². The fourth-order valence-electron chi connectivity index (χ4n) is 2.46. The Morgan fingerprint density at radius 1 is 1.43 bits per heavy atom. The molecule has 0 spiro atoms. The molecule has 1 heterocycles. The van der Waals surface area contributed by atoms with Gasteiger partial charge in [0.15, 0.2) is 0 Å². The number of rotatable bonds is 5. The second-order valence-electron chi connectivity index (χ2n) is 5.30. The number of carbonyl (C=O) groups excluding carboxylic acids is 2. The van der Waals surface area contributed by atoms with Gasteiger partial charge in [0, 0.05) is 18.1 Å². The van der Waals surface area contributed by atoms with E-state index in [1.807, 2.05) is 0 Å². The van der Waals surface area contributed by atoms with Crippen LogP contribution in [0, 0.1) is 5.82 Å². The first-order valence-corrected chi connectivity index (χ1v) is 7.21. The number of alkyl halides is 2. The van der Waals surface area contributed by atoms with Crippen molar-refractivity contribution in [2.75, 3.05) is 0 Å². The molecular formula is C15H17F3N2O3. The lowest BCUT2D eigenvalue weighted by atomic mass is 10.0. The van der Waals surface area contributed by atoms with E-state index in [0.29, 0.717) is 19.3 Å². The molecule has 2 atom stereocenters. The van der Waals surface area contributed by atoms with Crippen LogP contribution in [0.1, 0.15) is 37.8 Å². The van der Waals surface area contributed by atoms with Gasteiger partial charge >= 0.3 is 6.61 Å². The van der Waals surface area contributed by atoms with Crippen LogP contribution in [0.5, 0.6) is 5.75 Å². The van der Waals surface area contributed by atoms with E-state index in [9.17, 15) is 22.8 Å². The Labute approximate surface area is 131 Å². The molecule has 2 rings (SSSR count). The van der Waals surface area contributed by atoms with Crippen molar-refractivity contribution in [1.29, 1.82) is 0 Å². The Kier molecular flexibility index (Phi) is 5.46. The molecule has 5 nitrogen and oxygen atoms in total. The summed E-state index contributed by atoms with van der Waals surface area (Å²) < 4.78 is 42.3. The van der Waals surface area contributed by atoms with Crippen molar-refractivity contribution < 1.29 is 27.5 Å². The molecule has 0 radical (unpaired) electrons. The summed E-state index contributed by atoms with van der Waals surface area (Å²) >= 11 is 0. The van der Waals surface area contributed by atoms with Gasteiger partial charge in [0.05, 0.1) is 6.04 Å². The summed E-state index contributed by atoms with van der Waals surface area (Å²) in [4.78, 5) is 23.4. The fourth-order valence-corrected chi connectivity index (χ4v) is 2.46. The normalized spacial score (nSPS) is 19.2. The Bertz CT molecular complexity index is 595. The average Bonchev–Trinajstić information content (AvgIpc) is 2.46. The van der Waals surface area contributed by atoms with Crippen molar-refractivity contribution in [3.63, 3.8) is 0 Å². The van der Waals surface area contributed by atoms with E-state index in [0.717, 1.165) is 12.1 Å². The molecule has 1 fully saturated rings. The van der Waals surface area contributed by atoms with Crippen LogP contribution in [0.2, 0.25) is 0 Å². The van der Waals surface area contributed by atoms with Crippen LogP contribution in [0.25, 0.3) is 0 Å². The van der Waals surface area contributed by atoms with Gasteiger partial charge in [-0.25, -0.2) is 4.39 Å². The second kappa shape index (κ2) is 7.34. The van der Waals surface area contributed by atoms with E-state index in [1.54, 1.807) is 6.92 Å². The molecule has 1 aromatic carbocycles. The number of piperidine rings is 1. The van der Waals surface area contributed by atoms with Crippen molar-refractivity contribution in [2.45, 2.75) is 44.9 Å². The third-order valence-corrected chi connectivity index (χ3v) is 3.57. The Morgan fingerprint density at radius 2 is 2.17 bits per heavy atom. The minimum absolute atomic E-state index is 0.201. The summed E-state index contributed by atoms with van der Waals surface area (Å²) in [6.07, 6.45) is 1.49. The third kappa shape index (κ3) is 4.61. The first kappa shape index (κ1) is 17.1. The van der Waals surface area contributed by atoms with Gasteiger partial charge in [-0.1, -0.05) is 6.07 Å². The zero-order chi connectivity index (χ0) is 17.0. The lowest BCUT2D eigenvalue weighted by Crippen LogP contribution is -2.49. The zero-order valence-electron chi connectivity index (χ0n) is 12.4. The minimum Gasteiger partial charge on any atom is -0.434 e. The van der Waals surface area contributed by atoms with Gasteiger partial charge < -0.3 is 15.4 Å². The van der Waals surface area contributed by atoms with Crippen LogP contribution in [0.3, 0.4) is 0 Å². The van der Waals surface area contributed by atoms with E-state index >= 15 is 0 Å². The highest BCUT2D eigenvalue weighted by Crippen LogP contribution is 2.27. The molecule has 1 saturated heterocycles. The lowest BCUT2D eigenvalue weighted by Gasteiger charge is -2.25. The topological polar surface area (TPSA) is 67.4 Å². The second-order valence-corrected chi connectivity index (χ2v) is 5.30. The lowest BCUT2D eigenvalue weighted by molar-refractivity contribution is -0.131. The summed E-state index contributed by atoms with van der Waals surface area (Å²) in [5, 5.41) is 5.19. The van der Waals surface area contributed by atoms with Crippen molar-refractivity contribution in [1.82, 2.24) is 10.6 Å². The van der Waals surface area contributed by atoms with Gasteiger partial charge in [0.25, 0.3) is 0 Å². The molecule has 1 aliphatic heterocycles. The maximum absolute atomic E-state index is 13.2. The van der Waals surface area contributed by atoms with Gasteiger partial charge in [0.1, 0.15) is 17.6 Å². The molecule has 2 N–H and O–H groups in total.